The first-order chi connectivity index (χ1) is 13.9. The Bertz CT molecular complexity index is 858. The third-order valence-corrected chi connectivity index (χ3v) is 12.6. The molecule has 1 nitrogen and oxygen atoms in total. The van der Waals surface area contributed by atoms with Crippen molar-refractivity contribution in [1.29, 1.82) is 0 Å². The smallest absolute Gasteiger partial charge is 0.130 e. The zero-order valence-electron chi connectivity index (χ0n) is 17.8. The molecule has 0 heterocycles. The van der Waals surface area contributed by atoms with Crippen molar-refractivity contribution in [2.75, 3.05) is 0 Å². The molecule has 3 aromatic rings. The Morgan fingerprint density at radius 1 is 0.793 bits per heavy atom. The van der Waals surface area contributed by atoms with E-state index in [4.69, 9.17) is 0 Å². The van der Waals surface area contributed by atoms with Gasteiger partial charge in [0, 0.05) is 0 Å². The van der Waals surface area contributed by atoms with Gasteiger partial charge < -0.3 is 5.11 Å². The van der Waals surface area contributed by atoms with E-state index in [0.29, 0.717) is 6.42 Å². The number of benzene rings is 3. The van der Waals surface area contributed by atoms with Crippen LogP contribution < -0.4 is 10.4 Å². The molecule has 0 aliphatic rings. The molecule has 0 unspecified atom stereocenters. The molecule has 0 saturated carbocycles. The maximum absolute atomic E-state index is 11.1. The van der Waals surface area contributed by atoms with Gasteiger partial charge in [-0.15, -0.1) is 6.58 Å². The molecule has 0 amide bonds. The largest absolute Gasteiger partial charge is 0.388 e. The summed E-state index contributed by atoms with van der Waals surface area (Å²) < 4.78 is 0. The van der Waals surface area contributed by atoms with Crippen molar-refractivity contribution in [3.05, 3.63) is 109 Å². The molecule has 0 bridgehead atoms. The van der Waals surface area contributed by atoms with Crippen LogP contribution in [0.3, 0.4) is 0 Å². The van der Waals surface area contributed by atoms with Crippen molar-refractivity contribution >= 4 is 18.4 Å². The molecule has 0 aromatic heterocycles. The Morgan fingerprint density at radius 2 is 1.21 bits per heavy atom. The predicted octanol–water partition coefficient (Wildman–Crippen LogP) is 5.73. The van der Waals surface area contributed by atoms with Gasteiger partial charge in [0.25, 0.3) is 0 Å². The van der Waals surface area contributed by atoms with E-state index in [2.05, 4.69) is 94.1 Å². The third-order valence-electron chi connectivity index (χ3n) is 6.14. The van der Waals surface area contributed by atoms with E-state index in [0.717, 1.165) is 5.56 Å². The molecule has 0 aliphatic carbocycles. The van der Waals surface area contributed by atoms with Crippen molar-refractivity contribution in [2.45, 2.75) is 43.9 Å². The zero-order chi connectivity index (χ0) is 20.9. The summed E-state index contributed by atoms with van der Waals surface area (Å²) in [4.78, 5) is 0. The van der Waals surface area contributed by atoms with E-state index < -0.39 is 14.2 Å². The van der Waals surface area contributed by atoms with Crippen LogP contribution in [0.2, 0.25) is 10.6 Å². The van der Waals surface area contributed by atoms with Crippen molar-refractivity contribution in [1.82, 2.24) is 0 Å². The van der Waals surface area contributed by atoms with Crippen molar-refractivity contribution in [3.63, 3.8) is 0 Å². The minimum absolute atomic E-state index is 0.0327. The summed E-state index contributed by atoms with van der Waals surface area (Å²) in [5.41, 5.74) is 1.15. The van der Waals surface area contributed by atoms with E-state index in [1.54, 1.807) is 0 Å². The Labute approximate surface area is 176 Å². The molecular formula is C27H32OSi. The molecule has 1 N–H and O–H groups in total. The second kappa shape index (κ2) is 8.94. The average Bonchev–Trinajstić information content (AvgIpc) is 2.74. The van der Waals surface area contributed by atoms with Crippen LogP contribution in [0.25, 0.3) is 0 Å². The van der Waals surface area contributed by atoms with Gasteiger partial charge >= 0.3 is 0 Å². The van der Waals surface area contributed by atoms with Gasteiger partial charge in [-0.25, -0.2) is 0 Å². The van der Waals surface area contributed by atoms with E-state index in [1.165, 1.54) is 10.4 Å². The first-order valence-electron chi connectivity index (χ1n) is 10.4. The summed E-state index contributed by atoms with van der Waals surface area (Å²) in [6, 6.07) is 31.8. The molecule has 2 atom stereocenters. The lowest BCUT2D eigenvalue weighted by Crippen LogP contribution is -2.67. The van der Waals surface area contributed by atoms with Crippen LogP contribution in [-0.2, 0) is 0 Å². The Kier molecular flexibility index (Phi) is 6.56. The zero-order valence-corrected chi connectivity index (χ0v) is 18.8. The summed E-state index contributed by atoms with van der Waals surface area (Å²) in [5.74, 6) is 0. The lowest BCUT2D eigenvalue weighted by atomic mass is 10.0. The highest BCUT2D eigenvalue weighted by Gasteiger charge is 2.52. The van der Waals surface area contributed by atoms with E-state index in [-0.39, 0.29) is 10.6 Å². The standard InChI is InChI=1S/C27H32OSi/c1-5-23(21-26(28)22-15-9-6-10-16-22)29(27(2,3)4,24-17-11-7-12-18-24)25-19-13-8-14-20-25/h5-20,23,26,28H,1,21H2,2-4H3/t23-,26-/m0/s1. The molecule has 29 heavy (non-hydrogen) atoms. The Morgan fingerprint density at radius 3 is 1.59 bits per heavy atom. The molecule has 150 valence electrons. The van der Waals surface area contributed by atoms with Crippen LogP contribution in [0.1, 0.15) is 38.9 Å². The minimum Gasteiger partial charge on any atom is -0.388 e. The normalized spacial score (nSPS) is 14.2. The van der Waals surface area contributed by atoms with Gasteiger partial charge in [-0.3, -0.25) is 0 Å². The highest BCUT2D eigenvalue weighted by atomic mass is 28.3. The van der Waals surface area contributed by atoms with Gasteiger partial charge in [0.1, 0.15) is 8.07 Å². The van der Waals surface area contributed by atoms with Gasteiger partial charge in [0.2, 0.25) is 0 Å². The fourth-order valence-electron chi connectivity index (χ4n) is 4.92. The van der Waals surface area contributed by atoms with E-state index in [1.807, 2.05) is 30.3 Å². The van der Waals surface area contributed by atoms with Gasteiger partial charge in [0.15, 0.2) is 0 Å². The lowest BCUT2D eigenvalue weighted by Gasteiger charge is -2.49. The van der Waals surface area contributed by atoms with Gasteiger partial charge in [0.05, 0.1) is 6.10 Å². The van der Waals surface area contributed by atoms with E-state index >= 15 is 0 Å². The molecule has 2 heteroatoms. The molecular weight excluding hydrogens is 368 g/mol. The first kappa shape index (κ1) is 21.3. The summed E-state index contributed by atoms with van der Waals surface area (Å²) in [5, 5.41) is 13.9. The molecule has 0 aliphatic heterocycles. The van der Waals surface area contributed by atoms with Gasteiger partial charge in [-0.05, 0) is 22.6 Å². The molecule has 0 radical (unpaired) electrons. The van der Waals surface area contributed by atoms with Crippen LogP contribution >= 0.6 is 0 Å². The van der Waals surface area contributed by atoms with Crippen molar-refractivity contribution in [2.24, 2.45) is 0 Å². The highest BCUT2D eigenvalue weighted by molar-refractivity contribution is 7.05. The number of hydrogen-bond acceptors (Lipinski definition) is 1. The molecule has 0 spiro atoms. The summed E-state index contributed by atoms with van der Waals surface area (Å²) in [6.45, 7) is 11.3. The Balaban J connectivity index is 2.19. The van der Waals surface area contributed by atoms with Gasteiger partial charge in [-0.2, -0.15) is 0 Å². The summed E-state index contributed by atoms with van der Waals surface area (Å²) in [6.07, 6.45) is 2.26. The number of allylic oxidation sites excluding steroid dienone is 1. The Hall–Kier alpha value is -2.42. The lowest BCUT2D eigenvalue weighted by molar-refractivity contribution is 0.168. The number of aliphatic hydroxyl groups is 1. The topological polar surface area (TPSA) is 20.2 Å². The van der Waals surface area contributed by atoms with E-state index in [9.17, 15) is 5.11 Å². The first-order valence-corrected chi connectivity index (χ1v) is 12.5. The third kappa shape index (κ3) is 4.14. The second-order valence-electron chi connectivity index (χ2n) is 8.79. The fourth-order valence-corrected chi connectivity index (χ4v) is 11.3. The highest BCUT2D eigenvalue weighted by Crippen LogP contribution is 2.46. The monoisotopic (exact) mass is 400 g/mol. The second-order valence-corrected chi connectivity index (χ2v) is 13.8. The van der Waals surface area contributed by atoms with Crippen LogP contribution in [-0.4, -0.2) is 13.2 Å². The summed E-state index contributed by atoms with van der Waals surface area (Å²) >= 11 is 0. The van der Waals surface area contributed by atoms with Crippen molar-refractivity contribution in [3.8, 4) is 0 Å². The average molecular weight is 401 g/mol. The number of hydrogen-bond donors (Lipinski definition) is 1. The minimum atomic E-state index is -2.35. The van der Waals surface area contributed by atoms with Crippen molar-refractivity contribution < 1.29 is 5.11 Å². The maximum atomic E-state index is 11.1. The van der Waals surface area contributed by atoms with Crippen LogP contribution in [0.15, 0.2) is 104 Å². The molecule has 0 saturated heterocycles. The SMILES string of the molecule is C=C[C@@H](C[C@H](O)c1ccccc1)[Si](c1ccccc1)(c1ccccc1)C(C)(C)C. The van der Waals surface area contributed by atoms with Crippen LogP contribution in [0, 0.1) is 0 Å². The van der Waals surface area contributed by atoms with Crippen LogP contribution in [0.4, 0.5) is 0 Å². The number of aliphatic hydroxyl groups excluding tert-OH is 1. The quantitative estimate of drug-likeness (QED) is 0.397. The number of rotatable bonds is 7. The predicted molar refractivity (Wildman–Crippen MR) is 128 cm³/mol. The maximum Gasteiger partial charge on any atom is 0.130 e. The molecule has 0 fully saturated rings. The molecule has 3 aromatic carbocycles. The van der Waals surface area contributed by atoms with Gasteiger partial charge in [-0.1, -0.05) is 128 Å². The van der Waals surface area contributed by atoms with Crippen LogP contribution in [0.5, 0.6) is 0 Å². The summed E-state index contributed by atoms with van der Waals surface area (Å²) in [7, 11) is -2.35. The fraction of sp³-hybridized carbons (Fsp3) is 0.259. The molecule has 3 rings (SSSR count).